The molecular weight excluding hydrogens is 460 g/mol. The van der Waals surface area contributed by atoms with Gasteiger partial charge in [0.05, 0.1) is 5.41 Å². The van der Waals surface area contributed by atoms with Crippen LogP contribution < -0.4 is 0 Å². The highest BCUT2D eigenvalue weighted by molar-refractivity contribution is 5.75. The van der Waals surface area contributed by atoms with Crippen molar-refractivity contribution in [1.29, 1.82) is 0 Å². The Labute approximate surface area is 225 Å². The first-order valence-electron chi connectivity index (χ1n) is 12.8. The van der Waals surface area contributed by atoms with Crippen LogP contribution in [0.4, 0.5) is 0 Å². The van der Waals surface area contributed by atoms with Crippen LogP contribution in [0, 0.1) is 0 Å². The SMILES string of the molecule is Oc1ccccc1C(C=Cc1ccccc1)(C=Cc1ccccc1)c1ccccc1C=Cc1ccccc1. The van der Waals surface area contributed by atoms with Gasteiger partial charge in [0, 0.05) is 5.56 Å². The molecule has 1 N–H and O–H groups in total. The van der Waals surface area contributed by atoms with Crippen molar-refractivity contribution in [3.8, 4) is 5.75 Å². The number of para-hydroxylation sites is 1. The highest BCUT2D eigenvalue weighted by atomic mass is 16.3. The van der Waals surface area contributed by atoms with E-state index < -0.39 is 5.41 Å². The first-order valence-corrected chi connectivity index (χ1v) is 12.8. The molecule has 0 saturated carbocycles. The third-order valence-corrected chi connectivity index (χ3v) is 6.69. The Kier molecular flexibility index (Phi) is 7.77. The van der Waals surface area contributed by atoms with Crippen molar-refractivity contribution in [2.45, 2.75) is 5.41 Å². The van der Waals surface area contributed by atoms with E-state index in [9.17, 15) is 5.11 Å². The van der Waals surface area contributed by atoms with Gasteiger partial charge in [0.1, 0.15) is 5.75 Å². The summed E-state index contributed by atoms with van der Waals surface area (Å²) in [7, 11) is 0. The smallest absolute Gasteiger partial charge is 0.120 e. The summed E-state index contributed by atoms with van der Waals surface area (Å²) in [5.41, 5.74) is 5.56. The van der Waals surface area contributed by atoms with Crippen molar-refractivity contribution in [2.75, 3.05) is 0 Å². The van der Waals surface area contributed by atoms with E-state index in [4.69, 9.17) is 0 Å². The van der Waals surface area contributed by atoms with E-state index in [1.807, 2.05) is 72.8 Å². The Balaban J connectivity index is 1.75. The minimum absolute atomic E-state index is 0.254. The summed E-state index contributed by atoms with van der Waals surface area (Å²) < 4.78 is 0. The highest BCUT2D eigenvalue weighted by Crippen LogP contribution is 2.43. The van der Waals surface area contributed by atoms with Crippen LogP contribution >= 0.6 is 0 Å². The van der Waals surface area contributed by atoms with Gasteiger partial charge >= 0.3 is 0 Å². The molecule has 0 heterocycles. The van der Waals surface area contributed by atoms with Crippen LogP contribution in [0.25, 0.3) is 24.3 Å². The van der Waals surface area contributed by atoms with Gasteiger partial charge in [-0.3, -0.25) is 0 Å². The molecule has 0 unspecified atom stereocenters. The molecule has 5 aromatic carbocycles. The van der Waals surface area contributed by atoms with Crippen molar-refractivity contribution in [2.24, 2.45) is 0 Å². The van der Waals surface area contributed by atoms with Crippen LogP contribution in [0.15, 0.2) is 152 Å². The molecule has 0 fully saturated rings. The van der Waals surface area contributed by atoms with Gasteiger partial charge in [-0.1, -0.05) is 170 Å². The van der Waals surface area contributed by atoms with Crippen molar-refractivity contribution in [3.63, 3.8) is 0 Å². The second kappa shape index (κ2) is 11.9. The number of aromatic hydroxyl groups is 1. The summed E-state index contributed by atoms with van der Waals surface area (Å²) in [6.45, 7) is 0. The number of phenols is 1. The molecule has 0 aliphatic heterocycles. The van der Waals surface area contributed by atoms with Crippen molar-refractivity contribution in [3.05, 3.63) is 185 Å². The minimum Gasteiger partial charge on any atom is -0.508 e. The maximum absolute atomic E-state index is 11.2. The molecule has 0 aliphatic carbocycles. The lowest BCUT2D eigenvalue weighted by molar-refractivity contribution is 0.463. The van der Waals surface area contributed by atoms with Gasteiger partial charge in [-0.2, -0.15) is 0 Å². The van der Waals surface area contributed by atoms with E-state index in [1.165, 1.54) is 0 Å². The predicted molar refractivity (Wildman–Crippen MR) is 162 cm³/mol. The summed E-state index contributed by atoms with van der Waals surface area (Å²) in [5.74, 6) is 0.254. The van der Waals surface area contributed by atoms with E-state index in [2.05, 4.69) is 97.1 Å². The van der Waals surface area contributed by atoms with Gasteiger partial charge in [0.2, 0.25) is 0 Å². The Morgan fingerprint density at radius 1 is 0.395 bits per heavy atom. The van der Waals surface area contributed by atoms with E-state index in [0.29, 0.717) is 0 Å². The minimum atomic E-state index is -0.741. The highest BCUT2D eigenvalue weighted by Gasteiger charge is 2.33. The fraction of sp³-hybridized carbons (Fsp3) is 0.0270. The molecule has 0 aromatic heterocycles. The Morgan fingerprint density at radius 3 is 1.34 bits per heavy atom. The fourth-order valence-corrected chi connectivity index (χ4v) is 4.74. The van der Waals surface area contributed by atoms with Crippen LogP contribution in [-0.4, -0.2) is 5.11 Å². The maximum Gasteiger partial charge on any atom is 0.120 e. The predicted octanol–water partition coefficient (Wildman–Crippen LogP) is 9.28. The maximum atomic E-state index is 11.2. The van der Waals surface area contributed by atoms with E-state index in [0.717, 1.165) is 33.4 Å². The number of benzene rings is 5. The quantitative estimate of drug-likeness (QED) is 0.215. The zero-order valence-electron chi connectivity index (χ0n) is 21.2. The largest absolute Gasteiger partial charge is 0.508 e. The molecule has 0 atom stereocenters. The first-order chi connectivity index (χ1) is 18.7. The third kappa shape index (κ3) is 5.74. The van der Waals surface area contributed by atoms with Crippen LogP contribution in [0.3, 0.4) is 0 Å². The summed E-state index contributed by atoms with van der Waals surface area (Å²) in [4.78, 5) is 0. The molecule has 184 valence electrons. The molecule has 1 nitrogen and oxygen atoms in total. The molecule has 0 radical (unpaired) electrons. The van der Waals surface area contributed by atoms with Crippen molar-refractivity contribution >= 4 is 24.3 Å². The molecule has 5 aromatic rings. The first kappa shape index (κ1) is 24.8. The van der Waals surface area contributed by atoms with Crippen LogP contribution in [-0.2, 0) is 5.41 Å². The van der Waals surface area contributed by atoms with Gasteiger partial charge in [0.25, 0.3) is 0 Å². The molecule has 38 heavy (non-hydrogen) atoms. The normalized spacial score (nSPS) is 13.3. The third-order valence-electron chi connectivity index (χ3n) is 6.69. The number of rotatable bonds is 8. The number of phenolic OH excluding ortho intramolecular Hbond substituents is 1. The Hall–Kier alpha value is -4.88. The molecule has 0 aliphatic rings. The molecule has 0 amide bonds. The van der Waals surface area contributed by atoms with Gasteiger partial charge in [-0.25, -0.2) is 0 Å². The summed E-state index contributed by atoms with van der Waals surface area (Å²) in [6, 6.07) is 46.9. The van der Waals surface area contributed by atoms with Gasteiger partial charge in [-0.05, 0) is 33.9 Å². The number of hydrogen-bond donors (Lipinski definition) is 1. The van der Waals surface area contributed by atoms with Crippen molar-refractivity contribution in [1.82, 2.24) is 0 Å². The number of hydrogen-bond acceptors (Lipinski definition) is 1. The summed E-state index contributed by atoms with van der Waals surface area (Å²) in [5, 5.41) is 11.2. The Morgan fingerprint density at radius 2 is 0.816 bits per heavy atom. The molecule has 0 bridgehead atoms. The molecule has 0 saturated heterocycles. The lowest BCUT2D eigenvalue weighted by Crippen LogP contribution is -2.24. The lowest BCUT2D eigenvalue weighted by Gasteiger charge is -2.31. The zero-order chi connectivity index (χ0) is 26.0. The topological polar surface area (TPSA) is 20.2 Å². The van der Waals surface area contributed by atoms with Gasteiger partial charge < -0.3 is 5.11 Å². The average molecular weight is 491 g/mol. The molecule has 5 rings (SSSR count). The second-order valence-corrected chi connectivity index (χ2v) is 9.21. The standard InChI is InChI=1S/C37H30O/c38-36-23-13-12-22-35(36)37(28-26-31-16-6-2-7-17-31,29-27-32-18-8-3-9-19-32)34-21-11-10-20-33(34)25-24-30-14-4-1-5-15-30/h1-29,38H. The number of allylic oxidation sites excluding steroid dienone is 2. The molecule has 1 heteroatoms. The monoisotopic (exact) mass is 490 g/mol. The lowest BCUT2D eigenvalue weighted by atomic mass is 9.71. The van der Waals surface area contributed by atoms with Crippen molar-refractivity contribution < 1.29 is 5.11 Å². The fourth-order valence-electron chi connectivity index (χ4n) is 4.74. The summed E-state index contributed by atoms with van der Waals surface area (Å²) >= 11 is 0. The van der Waals surface area contributed by atoms with Crippen LogP contribution in [0.5, 0.6) is 5.75 Å². The van der Waals surface area contributed by atoms with E-state index in [1.54, 1.807) is 6.07 Å². The van der Waals surface area contributed by atoms with Gasteiger partial charge in [-0.15, -0.1) is 0 Å². The zero-order valence-corrected chi connectivity index (χ0v) is 21.2. The molecular formula is C37H30O. The molecule has 0 spiro atoms. The van der Waals surface area contributed by atoms with E-state index in [-0.39, 0.29) is 5.75 Å². The summed E-state index contributed by atoms with van der Waals surface area (Å²) in [6.07, 6.45) is 13.0. The van der Waals surface area contributed by atoms with Crippen LogP contribution in [0.1, 0.15) is 33.4 Å². The van der Waals surface area contributed by atoms with Crippen LogP contribution in [0.2, 0.25) is 0 Å². The average Bonchev–Trinajstić information content (AvgIpc) is 2.99. The Bertz CT molecular complexity index is 1500. The second-order valence-electron chi connectivity index (χ2n) is 9.21. The van der Waals surface area contributed by atoms with E-state index >= 15 is 0 Å². The van der Waals surface area contributed by atoms with Gasteiger partial charge in [0.15, 0.2) is 0 Å².